The van der Waals surface area contributed by atoms with Crippen LogP contribution in [0.3, 0.4) is 0 Å². The maximum absolute atomic E-state index is 13.3. The van der Waals surface area contributed by atoms with E-state index in [-0.39, 0.29) is 11.3 Å². The maximum Gasteiger partial charge on any atom is 0.340 e. The van der Waals surface area contributed by atoms with Crippen molar-refractivity contribution in [1.82, 2.24) is 4.98 Å². The number of hydrogen-bond donors (Lipinski definition) is 0. The molecular formula is C9H8FNO2. The van der Waals surface area contributed by atoms with Gasteiger partial charge in [-0.2, -0.15) is 0 Å². The van der Waals surface area contributed by atoms with Crippen molar-refractivity contribution in [2.24, 2.45) is 0 Å². The molecule has 0 aliphatic heterocycles. The van der Waals surface area contributed by atoms with Gasteiger partial charge in [0.15, 0.2) is 5.82 Å². The molecule has 0 N–H and O–H groups in total. The van der Waals surface area contributed by atoms with Crippen molar-refractivity contribution < 1.29 is 13.9 Å². The van der Waals surface area contributed by atoms with Crippen LogP contribution in [0.1, 0.15) is 16.1 Å². The molecule has 1 heterocycles. The summed E-state index contributed by atoms with van der Waals surface area (Å²) in [5.74, 6) is -1.42. The summed E-state index contributed by atoms with van der Waals surface area (Å²) in [7, 11) is 1.19. The van der Waals surface area contributed by atoms with E-state index in [4.69, 9.17) is 0 Å². The first-order valence-corrected chi connectivity index (χ1v) is 3.56. The Kier molecular flexibility index (Phi) is 2.74. The number of ether oxygens (including phenoxy) is 1. The highest BCUT2D eigenvalue weighted by Gasteiger charge is 2.14. The Hall–Kier alpha value is -1.71. The smallest absolute Gasteiger partial charge is 0.340 e. The molecule has 68 valence electrons. The van der Waals surface area contributed by atoms with Crippen molar-refractivity contribution in [3.05, 3.63) is 35.9 Å². The molecule has 0 aromatic carbocycles. The Balaban J connectivity index is 3.23. The van der Waals surface area contributed by atoms with Crippen LogP contribution in [0.2, 0.25) is 0 Å². The number of methoxy groups -OCH3 is 1. The molecule has 1 aromatic heterocycles. The molecular weight excluding hydrogens is 173 g/mol. The first kappa shape index (κ1) is 9.38. The minimum absolute atomic E-state index is 0.0444. The number of carbonyl (C=O) groups excluding carboxylic acids is 1. The van der Waals surface area contributed by atoms with Gasteiger partial charge in [0.25, 0.3) is 0 Å². The highest BCUT2D eigenvalue weighted by molar-refractivity contribution is 5.90. The highest BCUT2D eigenvalue weighted by atomic mass is 19.1. The van der Waals surface area contributed by atoms with Gasteiger partial charge in [0.2, 0.25) is 0 Å². The van der Waals surface area contributed by atoms with Crippen LogP contribution >= 0.6 is 0 Å². The van der Waals surface area contributed by atoms with Crippen LogP contribution in [-0.4, -0.2) is 18.1 Å². The van der Waals surface area contributed by atoms with Gasteiger partial charge >= 0.3 is 5.97 Å². The third kappa shape index (κ3) is 1.72. The van der Waals surface area contributed by atoms with Gasteiger partial charge in [0.1, 0.15) is 0 Å². The number of rotatable bonds is 2. The fourth-order valence-electron chi connectivity index (χ4n) is 0.870. The SMILES string of the molecule is C=Cc1nccc(C(=O)OC)c1F. The van der Waals surface area contributed by atoms with Crippen molar-refractivity contribution in [3.63, 3.8) is 0 Å². The minimum Gasteiger partial charge on any atom is -0.465 e. The normalized spacial score (nSPS) is 9.38. The van der Waals surface area contributed by atoms with Crippen LogP contribution in [0, 0.1) is 5.82 Å². The minimum atomic E-state index is -0.719. The van der Waals surface area contributed by atoms with Crippen LogP contribution in [-0.2, 0) is 4.74 Å². The van der Waals surface area contributed by atoms with Crippen LogP contribution in [0.25, 0.3) is 6.08 Å². The van der Waals surface area contributed by atoms with Gasteiger partial charge in [-0.05, 0) is 12.1 Å². The lowest BCUT2D eigenvalue weighted by atomic mass is 10.2. The molecule has 0 radical (unpaired) electrons. The van der Waals surface area contributed by atoms with Crippen LogP contribution in [0.15, 0.2) is 18.8 Å². The molecule has 0 spiro atoms. The lowest BCUT2D eigenvalue weighted by Gasteiger charge is -2.01. The van der Waals surface area contributed by atoms with Gasteiger partial charge in [0, 0.05) is 6.20 Å². The van der Waals surface area contributed by atoms with Crippen LogP contribution < -0.4 is 0 Å². The first-order valence-electron chi connectivity index (χ1n) is 3.56. The Labute approximate surface area is 74.9 Å². The zero-order valence-corrected chi connectivity index (χ0v) is 7.08. The Morgan fingerprint density at radius 2 is 2.46 bits per heavy atom. The van der Waals surface area contributed by atoms with E-state index < -0.39 is 11.8 Å². The molecule has 3 nitrogen and oxygen atoms in total. The van der Waals surface area contributed by atoms with Crippen LogP contribution in [0.5, 0.6) is 0 Å². The lowest BCUT2D eigenvalue weighted by Crippen LogP contribution is -2.06. The van der Waals surface area contributed by atoms with E-state index in [1.807, 2.05) is 0 Å². The summed E-state index contributed by atoms with van der Waals surface area (Å²) >= 11 is 0. The zero-order valence-electron chi connectivity index (χ0n) is 7.08. The number of aromatic nitrogens is 1. The van der Waals surface area contributed by atoms with E-state index in [0.29, 0.717) is 0 Å². The average Bonchev–Trinajstić information content (AvgIpc) is 2.17. The highest BCUT2D eigenvalue weighted by Crippen LogP contribution is 2.11. The van der Waals surface area contributed by atoms with E-state index >= 15 is 0 Å². The summed E-state index contributed by atoms with van der Waals surface area (Å²) in [6, 6.07) is 1.26. The summed E-state index contributed by atoms with van der Waals surface area (Å²) in [5, 5.41) is 0. The molecule has 0 fully saturated rings. The third-order valence-electron chi connectivity index (χ3n) is 1.51. The molecule has 0 aliphatic rings. The predicted molar refractivity (Wildman–Crippen MR) is 45.6 cm³/mol. The number of hydrogen-bond acceptors (Lipinski definition) is 3. The first-order chi connectivity index (χ1) is 6.20. The fourth-order valence-corrected chi connectivity index (χ4v) is 0.870. The van der Waals surface area contributed by atoms with Gasteiger partial charge in [-0.3, -0.25) is 4.98 Å². The standard InChI is InChI=1S/C9H8FNO2/c1-3-7-8(10)6(4-5-11-7)9(12)13-2/h3-5H,1H2,2H3. The van der Waals surface area contributed by atoms with Crippen molar-refractivity contribution in [2.45, 2.75) is 0 Å². The lowest BCUT2D eigenvalue weighted by molar-refractivity contribution is 0.0595. The van der Waals surface area contributed by atoms with Crippen molar-refractivity contribution in [2.75, 3.05) is 7.11 Å². The number of nitrogens with zero attached hydrogens (tertiary/aromatic N) is 1. The fraction of sp³-hybridized carbons (Fsp3) is 0.111. The van der Waals surface area contributed by atoms with E-state index in [2.05, 4.69) is 16.3 Å². The van der Waals surface area contributed by atoms with E-state index in [0.717, 1.165) is 0 Å². The van der Waals surface area contributed by atoms with Gasteiger partial charge in [0.05, 0.1) is 18.4 Å². The van der Waals surface area contributed by atoms with Gasteiger partial charge in [-0.25, -0.2) is 9.18 Å². The molecule has 1 aromatic rings. The zero-order chi connectivity index (χ0) is 9.84. The van der Waals surface area contributed by atoms with Crippen molar-refractivity contribution >= 4 is 12.0 Å². The number of pyridine rings is 1. The van der Waals surface area contributed by atoms with E-state index in [1.54, 1.807) is 0 Å². The summed E-state index contributed by atoms with van der Waals surface area (Å²) in [4.78, 5) is 14.7. The number of carbonyl (C=O) groups is 1. The topological polar surface area (TPSA) is 39.2 Å². The Morgan fingerprint density at radius 1 is 1.77 bits per heavy atom. The molecule has 0 aliphatic carbocycles. The number of esters is 1. The summed E-state index contributed by atoms with van der Waals surface area (Å²) in [5.41, 5.74) is -0.0877. The van der Waals surface area contributed by atoms with E-state index in [9.17, 15) is 9.18 Å². The number of halogens is 1. The van der Waals surface area contributed by atoms with Crippen molar-refractivity contribution in [3.8, 4) is 0 Å². The Morgan fingerprint density at radius 3 is 3.00 bits per heavy atom. The maximum atomic E-state index is 13.3. The second kappa shape index (κ2) is 3.80. The molecule has 0 saturated heterocycles. The third-order valence-corrected chi connectivity index (χ3v) is 1.51. The molecule has 0 bridgehead atoms. The largest absolute Gasteiger partial charge is 0.465 e. The molecule has 1 rings (SSSR count). The second-order valence-corrected chi connectivity index (χ2v) is 2.25. The van der Waals surface area contributed by atoms with E-state index in [1.165, 1.54) is 25.4 Å². The van der Waals surface area contributed by atoms with Crippen molar-refractivity contribution in [1.29, 1.82) is 0 Å². The van der Waals surface area contributed by atoms with Gasteiger partial charge in [-0.15, -0.1) is 0 Å². The van der Waals surface area contributed by atoms with Gasteiger partial charge < -0.3 is 4.74 Å². The molecule has 13 heavy (non-hydrogen) atoms. The van der Waals surface area contributed by atoms with Gasteiger partial charge in [-0.1, -0.05) is 6.58 Å². The monoisotopic (exact) mass is 181 g/mol. The Bertz CT molecular complexity index is 349. The molecule has 0 unspecified atom stereocenters. The summed E-state index contributed by atoms with van der Waals surface area (Å²) < 4.78 is 17.7. The molecule has 0 saturated carbocycles. The summed E-state index contributed by atoms with van der Waals surface area (Å²) in [6.07, 6.45) is 2.56. The molecule has 0 amide bonds. The molecule has 0 atom stereocenters. The molecule has 4 heteroatoms. The second-order valence-electron chi connectivity index (χ2n) is 2.25. The predicted octanol–water partition coefficient (Wildman–Crippen LogP) is 1.65. The quantitative estimate of drug-likeness (QED) is 0.651. The van der Waals surface area contributed by atoms with Crippen LogP contribution in [0.4, 0.5) is 4.39 Å². The summed E-state index contributed by atoms with van der Waals surface area (Å²) in [6.45, 7) is 3.36. The average molecular weight is 181 g/mol.